The molecule has 2 aromatic rings. The first-order chi connectivity index (χ1) is 9.94. The molecule has 21 heavy (non-hydrogen) atoms. The van der Waals surface area contributed by atoms with Gasteiger partial charge >= 0.3 is 0 Å². The first-order valence-corrected chi connectivity index (χ1v) is 7.11. The van der Waals surface area contributed by atoms with Crippen LogP contribution >= 0.6 is 0 Å². The Morgan fingerprint density at radius 1 is 1.29 bits per heavy atom. The monoisotopic (exact) mass is 289 g/mol. The second kappa shape index (κ2) is 6.26. The molecule has 1 aromatic heterocycles. The van der Waals surface area contributed by atoms with E-state index < -0.39 is 0 Å². The Morgan fingerprint density at radius 2 is 2.00 bits per heavy atom. The van der Waals surface area contributed by atoms with Crippen LogP contribution in [0.2, 0.25) is 0 Å². The van der Waals surface area contributed by atoms with Gasteiger partial charge in [0.1, 0.15) is 5.75 Å². The lowest BCUT2D eigenvalue weighted by atomic mass is 9.84. The Morgan fingerprint density at radius 3 is 2.62 bits per heavy atom. The van der Waals surface area contributed by atoms with Crippen LogP contribution in [0.5, 0.6) is 5.75 Å². The molecule has 0 radical (unpaired) electrons. The van der Waals surface area contributed by atoms with Crippen molar-refractivity contribution in [3.63, 3.8) is 0 Å². The molecule has 1 heterocycles. The summed E-state index contributed by atoms with van der Waals surface area (Å²) in [5.41, 5.74) is 6.84. The standard InChI is InChI=1S/C16H23N3O2/c1-16(2,3)9-11(10-17)15-18-14(19-21-15)12-7-5-6-8-13(12)20-4/h5-8,11H,9-10,17H2,1-4H3. The fourth-order valence-electron chi connectivity index (χ4n) is 2.35. The highest BCUT2D eigenvalue weighted by Gasteiger charge is 2.24. The number of nitrogens with zero attached hydrogens (tertiary/aromatic N) is 2. The average Bonchev–Trinajstić information content (AvgIpc) is 2.93. The summed E-state index contributed by atoms with van der Waals surface area (Å²) >= 11 is 0. The quantitative estimate of drug-likeness (QED) is 0.914. The van der Waals surface area contributed by atoms with E-state index in [-0.39, 0.29) is 11.3 Å². The van der Waals surface area contributed by atoms with Crippen molar-refractivity contribution in [2.75, 3.05) is 13.7 Å². The maximum Gasteiger partial charge on any atom is 0.231 e. The lowest BCUT2D eigenvalue weighted by Crippen LogP contribution is -2.19. The lowest BCUT2D eigenvalue weighted by Gasteiger charge is -2.22. The number of methoxy groups -OCH3 is 1. The Balaban J connectivity index is 2.28. The highest BCUT2D eigenvalue weighted by Crippen LogP contribution is 2.32. The van der Waals surface area contributed by atoms with Crippen LogP contribution in [0.3, 0.4) is 0 Å². The van der Waals surface area contributed by atoms with E-state index in [1.54, 1.807) is 7.11 Å². The van der Waals surface area contributed by atoms with E-state index in [0.29, 0.717) is 18.3 Å². The van der Waals surface area contributed by atoms with E-state index in [1.165, 1.54) is 0 Å². The summed E-state index contributed by atoms with van der Waals surface area (Å²) in [7, 11) is 1.63. The normalized spacial score (nSPS) is 13.2. The third-order valence-corrected chi connectivity index (χ3v) is 3.28. The zero-order valence-electron chi connectivity index (χ0n) is 13.1. The number of hydrogen-bond donors (Lipinski definition) is 1. The fourth-order valence-corrected chi connectivity index (χ4v) is 2.35. The number of rotatable bonds is 5. The Labute approximate surface area is 125 Å². The lowest BCUT2D eigenvalue weighted by molar-refractivity contribution is 0.287. The van der Waals surface area contributed by atoms with E-state index in [2.05, 4.69) is 30.9 Å². The smallest absolute Gasteiger partial charge is 0.231 e. The third-order valence-electron chi connectivity index (χ3n) is 3.28. The molecule has 0 fully saturated rings. The minimum Gasteiger partial charge on any atom is -0.496 e. The van der Waals surface area contributed by atoms with E-state index in [4.69, 9.17) is 15.0 Å². The Kier molecular flexibility index (Phi) is 4.63. The first-order valence-electron chi connectivity index (χ1n) is 7.11. The van der Waals surface area contributed by atoms with Gasteiger partial charge in [0.05, 0.1) is 18.6 Å². The van der Waals surface area contributed by atoms with Gasteiger partial charge < -0.3 is 15.0 Å². The molecule has 114 valence electrons. The number of para-hydroxylation sites is 1. The molecule has 0 aliphatic carbocycles. The van der Waals surface area contributed by atoms with Gasteiger partial charge in [0.2, 0.25) is 11.7 Å². The molecule has 0 amide bonds. The van der Waals surface area contributed by atoms with Gasteiger partial charge in [-0.25, -0.2) is 0 Å². The highest BCUT2D eigenvalue weighted by molar-refractivity contribution is 5.63. The molecule has 0 aliphatic rings. The summed E-state index contributed by atoms with van der Waals surface area (Å²) in [6, 6.07) is 7.62. The summed E-state index contributed by atoms with van der Waals surface area (Å²) < 4.78 is 10.8. The first kappa shape index (κ1) is 15.5. The largest absolute Gasteiger partial charge is 0.496 e. The van der Waals surface area contributed by atoms with Crippen molar-refractivity contribution >= 4 is 0 Å². The van der Waals surface area contributed by atoms with Gasteiger partial charge in [0, 0.05) is 6.54 Å². The molecule has 0 saturated carbocycles. The van der Waals surface area contributed by atoms with Crippen LogP contribution in [0.15, 0.2) is 28.8 Å². The average molecular weight is 289 g/mol. The topological polar surface area (TPSA) is 74.2 Å². The van der Waals surface area contributed by atoms with Crippen molar-refractivity contribution in [3.05, 3.63) is 30.2 Å². The number of hydrogen-bond acceptors (Lipinski definition) is 5. The van der Waals surface area contributed by atoms with Crippen LogP contribution in [-0.2, 0) is 0 Å². The molecule has 5 nitrogen and oxygen atoms in total. The van der Waals surface area contributed by atoms with Crippen molar-refractivity contribution in [1.29, 1.82) is 0 Å². The second-order valence-corrected chi connectivity index (χ2v) is 6.35. The summed E-state index contributed by atoms with van der Waals surface area (Å²) in [6.07, 6.45) is 0.900. The molecule has 1 unspecified atom stereocenters. The van der Waals surface area contributed by atoms with E-state index in [9.17, 15) is 0 Å². The van der Waals surface area contributed by atoms with Gasteiger partial charge in [-0.2, -0.15) is 4.98 Å². The summed E-state index contributed by atoms with van der Waals surface area (Å²) in [4.78, 5) is 4.51. The van der Waals surface area contributed by atoms with Crippen molar-refractivity contribution in [1.82, 2.24) is 10.1 Å². The SMILES string of the molecule is COc1ccccc1-c1noc(C(CN)CC(C)(C)C)n1. The van der Waals surface area contributed by atoms with Crippen LogP contribution in [0.4, 0.5) is 0 Å². The Hall–Kier alpha value is -1.88. The summed E-state index contributed by atoms with van der Waals surface area (Å²) in [6.45, 7) is 7.01. The molecule has 5 heteroatoms. The van der Waals surface area contributed by atoms with Crippen LogP contribution in [0, 0.1) is 5.41 Å². The molecule has 1 aromatic carbocycles. The molecule has 2 N–H and O–H groups in total. The van der Waals surface area contributed by atoms with Gasteiger partial charge in [0.25, 0.3) is 0 Å². The van der Waals surface area contributed by atoms with Crippen LogP contribution in [0.1, 0.15) is 39.0 Å². The van der Waals surface area contributed by atoms with E-state index in [0.717, 1.165) is 17.7 Å². The summed E-state index contributed by atoms with van der Waals surface area (Å²) in [5, 5.41) is 4.07. The zero-order valence-corrected chi connectivity index (χ0v) is 13.1. The van der Waals surface area contributed by atoms with Crippen LogP contribution < -0.4 is 10.5 Å². The number of ether oxygens (including phenoxy) is 1. The third kappa shape index (κ3) is 3.82. The molecule has 0 spiro atoms. The van der Waals surface area contributed by atoms with E-state index >= 15 is 0 Å². The molecule has 0 saturated heterocycles. The van der Waals surface area contributed by atoms with Crippen LogP contribution in [0.25, 0.3) is 11.4 Å². The number of aromatic nitrogens is 2. The molecule has 1 atom stereocenters. The maximum absolute atomic E-state index is 5.86. The molecule has 2 rings (SSSR count). The van der Waals surface area contributed by atoms with Crippen LogP contribution in [-0.4, -0.2) is 23.8 Å². The Bertz CT molecular complexity index is 587. The van der Waals surface area contributed by atoms with Crippen molar-refractivity contribution in [2.24, 2.45) is 11.1 Å². The highest BCUT2D eigenvalue weighted by atomic mass is 16.5. The molecular formula is C16H23N3O2. The number of nitrogens with two attached hydrogens (primary N) is 1. The van der Waals surface area contributed by atoms with Gasteiger partial charge in [-0.1, -0.05) is 38.1 Å². The summed E-state index contributed by atoms with van der Waals surface area (Å²) in [5.74, 6) is 1.93. The molecule has 0 aliphatic heterocycles. The minimum atomic E-state index is 0.0703. The zero-order chi connectivity index (χ0) is 15.5. The van der Waals surface area contributed by atoms with Crippen molar-refractivity contribution in [3.8, 4) is 17.1 Å². The van der Waals surface area contributed by atoms with Gasteiger partial charge in [-0.15, -0.1) is 0 Å². The van der Waals surface area contributed by atoms with E-state index in [1.807, 2.05) is 24.3 Å². The number of benzene rings is 1. The van der Waals surface area contributed by atoms with Crippen molar-refractivity contribution in [2.45, 2.75) is 33.1 Å². The predicted octanol–water partition coefficient (Wildman–Crippen LogP) is 3.22. The van der Waals surface area contributed by atoms with Crippen molar-refractivity contribution < 1.29 is 9.26 Å². The predicted molar refractivity (Wildman–Crippen MR) is 82.2 cm³/mol. The van der Waals surface area contributed by atoms with Gasteiger partial charge in [0.15, 0.2) is 0 Å². The fraction of sp³-hybridized carbons (Fsp3) is 0.500. The molecule has 0 bridgehead atoms. The van der Waals surface area contributed by atoms with Gasteiger partial charge in [-0.3, -0.25) is 0 Å². The second-order valence-electron chi connectivity index (χ2n) is 6.35. The molecular weight excluding hydrogens is 266 g/mol. The minimum absolute atomic E-state index is 0.0703. The maximum atomic E-state index is 5.86. The van der Waals surface area contributed by atoms with Gasteiger partial charge in [-0.05, 0) is 24.0 Å².